The normalized spacial score (nSPS) is 15.0. The number of hydrogen-bond acceptors (Lipinski definition) is 3. The zero-order valence-electron chi connectivity index (χ0n) is 11.3. The topological polar surface area (TPSA) is 58.4 Å². The first-order valence-electron chi connectivity index (χ1n) is 6.45. The number of carbonyl (C=O) groups is 1. The molecular weight excluding hydrogens is 297 g/mol. The van der Waals surface area contributed by atoms with E-state index in [9.17, 15) is 14.3 Å². The van der Waals surface area contributed by atoms with Crippen LogP contribution >= 0.6 is 11.6 Å². The van der Waals surface area contributed by atoms with Gasteiger partial charge in [-0.1, -0.05) is 11.6 Å². The minimum atomic E-state index is -1.06. The third-order valence-electron chi connectivity index (χ3n) is 3.60. The highest BCUT2D eigenvalue weighted by molar-refractivity contribution is 6.30. The molecule has 0 atom stereocenters. The highest BCUT2D eigenvalue weighted by Crippen LogP contribution is 2.26. The molecule has 3 rings (SSSR count). The zero-order chi connectivity index (χ0) is 15.1. The van der Waals surface area contributed by atoms with Crippen LogP contribution in [0.25, 0.3) is 5.69 Å². The van der Waals surface area contributed by atoms with E-state index in [0.29, 0.717) is 24.2 Å². The van der Waals surface area contributed by atoms with Gasteiger partial charge in [-0.15, -0.1) is 0 Å². The summed E-state index contributed by atoms with van der Waals surface area (Å²) >= 11 is 5.80. The summed E-state index contributed by atoms with van der Waals surface area (Å²) in [6, 6.07) is 4.24. The van der Waals surface area contributed by atoms with Crippen LogP contribution in [0, 0.1) is 5.82 Å². The van der Waals surface area contributed by atoms with Gasteiger partial charge in [0.1, 0.15) is 5.82 Å². The minimum Gasteiger partial charge on any atom is -0.476 e. The first-order valence-corrected chi connectivity index (χ1v) is 6.83. The van der Waals surface area contributed by atoms with E-state index in [-0.39, 0.29) is 10.7 Å². The third-order valence-corrected chi connectivity index (χ3v) is 3.89. The lowest BCUT2D eigenvalue weighted by Crippen LogP contribution is -2.28. The van der Waals surface area contributed by atoms with E-state index < -0.39 is 11.8 Å². The van der Waals surface area contributed by atoms with Gasteiger partial charge in [0, 0.05) is 25.1 Å². The number of likely N-dealkylation sites (N-methyl/N-ethyl adjacent to an activating group) is 1. The Morgan fingerprint density at radius 1 is 1.48 bits per heavy atom. The van der Waals surface area contributed by atoms with Gasteiger partial charge in [-0.2, -0.15) is 5.10 Å². The lowest BCUT2D eigenvalue weighted by Gasteiger charge is -2.23. The average Bonchev–Trinajstić information content (AvgIpc) is 2.80. The molecule has 0 saturated heterocycles. The molecule has 1 N–H and O–H groups in total. The number of aromatic carboxylic acids is 1. The highest BCUT2D eigenvalue weighted by Gasteiger charge is 2.27. The number of aromatic nitrogens is 2. The molecule has 0 fully saturated rings. The van der Waals surface area contributed by atoms with Crippen molar-refractivity contribution in [2.75, 3.05) is 13.6 Å². The van der Waals surface area contributed by atoms with Crippen LogP contribution in [0.15, 0.2) is 18.2 Å². The fourth-order valence-corrected chi connectivity index (χ4v) is 2.73. The molecule has 0 amide bonds. The number of benzene rings is 1. The standard InChI is InChI=1S/C14H13ClFN3O2/c1-18-5-4-12-9(7-18)13(14(20)21)17-19(12)8-2-3-11(16)10(15)6-8/h2-3,6H,4-5,7H2,1H3,(H,20,21). The summed E-state index contributed by atoms with van der Waals surface area (Å²) < 4.78 is 14.8. The second-order valence-corrected chi connectivity index (χ2v) is 5.48. The van der Waals surface area contributed by atoms with Gasteiger partial charge in [0.25, 0.3) is 0 Å². The van der Waals surface area contributed by atoms with Crippen LogP contribution < -0.4 is 0 Å². The number of fused-ring (bicyclic) bond motifs is 1. The summed E-state index contributed by atoms with van der Waals surface area (Å²) in [6.45, 7) is 1.35. The average molecular weight is 310 g/mol. The van der Waals surface area contributed by atoms with Gasteiger partial charge < -0.3 is 10.0 Å². The number of carboxylic acids is 1. The maximum atomic E-state index is 13.3. The van der Waals surface area contributed by atoms with Crippen molar-refractivity contribution in [3.63, 3.8) is 0 Å². The summed E-state index contributed by atoms with van der Waals surface area (Å²) in [7, 11) is 1.93. The summed E-state index contributed by atoms with van der Waals surface area (Å²) in [6.07, 6.45) is 0.682. The molecule has 2 aromatic rings. The molecule has 7 heteroatoms. The maximum Gasteiger partial charge on any atom is 0.356 e. The van der Waals surface area contributed by atoms with Gasteiger partial charge in [-0.25, -0.2) is 13.9 Å². The SMILES string of the molecule is CN1CCc2c(c(C(=O)O)nn2-c2ccc(F)c(Cl)c2)C1. The molecule has 1 aromatic heterocycles. The second kappa shape index (κ2) is 5.13. The van der Waals surface area contributed by atoms with Crippen LogP contribution in [0.5, 0.6) is 0 Å². The molecule has 21 heavy (non-hydrogen) atoms. The number of nitrogens with zero attached hydrogens (tertiary/aromatic N) is 3. The lowest BCUT2D eigenvalue weighted by atomic mass is 10.1. The predicted molar refractivity (Wildman–Crippen MR) is 75.5 cm³/mol. The Bertz CT molecular complexity index is 729. The summed E-state index contributed by atoms with van der Waals surface area (Å²) in [4.78, 5) is 13.4. The summed E-state index contributed by atoms with van der Waals surface area (Å²) in [5, 5.41) is 13.5. The van der Waals surface area contributed by atoms with Crippen molar-refractivity contribution in [3.8, 4) is 5.69 Å². The molecule has 0 unspecified atom stereocenters. The van der Waals surface area contributed by atoms with E-state index in [1.165, 1.54) is 12.1 Å². The molecule has 0 bridgehead atoms. The van der Waals surface area contributed by atoms with Crippen molar-refractivity contribution >= 4 is 17.6 Å². The fourth-order valence-electron chi connectivity index (χ4n) is 2.56. The molecule has 0 saturated carbocycles. The number of hydrogen-bond donors (Lipinski definition) is 1. The molecule has 1 aliphatic heterocycles. The number of halogens is 2. The van der Waals surface area contributed by atoms with Crippen molar-refractivity contribution < 1.29 is 14.3 Å². The Hall–Kier alpha value is -1.92. The predicted octanol–water partition coefficient (Wildman–Crippen LogP) is 2.35. The Balaban J connectivity index is 2.17. The van der Waals surface area contributed by atoms with Crippen molar-refractivity contribution in [2.45, 2.75) is 13.0 Å². The minimum absolute atomic E-state index is 0.0125. The molecule has 5 nitrogen and oxygen atoms in total. The van der Waals surface area contributed by atoms with Gasteiger partial charge in [0.15, 0.2) is 5.69 Å². The van der Waals surface area contributed by atoms with Crippen LogP contribution in [0.3, 0.4) is 0 Å². The summed E-state index contributed by atoms with van der Waals surface area (Å²) in [5.74, 6) is -1.58. The molecule has 0 spiro atoms. The maximum absolute atomic E-state index is 13.3. The van der Waals surface area contributed by atoms with Gasteiger partial charge in [-0.05, 0) is 25.2 Å². The molecule has 0 aliphatic carbocycles. The largest absolute Gasteiger partial charge is 0.476 e. The van der Waals surface area contributed by atoms with Crippen LogP contribution in [0.2, 0.25) is 5.02 Å². The Morgan fingerprint density at radius 2 is 2.24 bits per heavy atom. The van der Waals surface area contributed by atoms with Crippen LogP contribution in [-0.4, -0.2) is 39.3 Å². The molecule has 2 heterocycles. The highest BCUT2D eigenvalue weighted by atomic mass is 35.5. The van der Waals surface area contributed by atoms with Crippen molar-refractivity contribution in [1.29, 1.82) is 0 Å². The van der Waals surface area contributed by atoms with E-state index >= 15 is 0 Å². The Morgan fingerprint density at radius 3 is 2.90 bits per heavy atom. The first-order chi connectivity index (χ1) is 9.97. The van der Waals surface area contributed by atoms with Gasteiger partial charge in [0.05, 0.1) is 16.4 Å². The third kappa shape index (κ3) is 2.41. The second-order valence-electron chi connectivity index (χ2n) is 5.08. The van der Waals surface area contributed by atoms with Crippen LogP contribution in [-0.2, 0) is 13.0 Å². The molecule has 0 radical (unpaired) electrons. The van der Waals surface area contributed by atoms with E-state index in [1.54, 1.807) is 10.7 Å². The van der Waals surface area contributed by atoms with Gasteiger partial charge in [0.2, 0.25) is 0 Å². The van der Waals surface area contributed by atoms with Crippen molar-refractivity contribution in [1.82, 2.24) is 14.7 Å². The Labute approximate surface area is 125 Å². The first kappa shape index (κ1) is 14.0. The summed E-state index contributed by atoms with van der Waals surface area (Å²) in [5.41, 5.74) is 2.15. The van der Waals surface area contributed by atoms with Gasteiger partial charge >= 0.3 is 5.97 Å². The van der Waals surface area contributed by atoms with Crippen LogP contribution in [0.4, 0.5) is 4.39 Å². The fraction of sp³-hybridized carbons (Fsp3) is 0.286. The molecule has 110 valence electrons. The van der Waals surface area contributed by atoms with E-state index in [2.05, 4.69) is 5.10 Å². The quantitative estimate of drug-likeness (QED) is 0.925. The molecule has 1 aliphatic rings. The van der Waals surface area contributed by atoms with E-state index in [4.69, 9.17) is 11.6 Å². The van der Waals surface area contributed by atoms with E-state index in [1.807, 2.05) is 11.9 Å². The van der Waals surface area contributed by atoms with Crippen LogP contribution in [0.1, 0.15) is 21.7 Å². The lowest BCUT2D eigenvalue weighted by molar-refractivity contribution is 0.0687. The zero-order valence-corrected chi connectivity index (χ0v) is 12.1. The monoisotopic (exact) mass is 309 g/mol. The molecular formula is C14H13ClFN3O2. The van der Waals surface area contributed by atoms with E-state index in [0.717, 1.165) is 12.2 Å². The number of carboxylic acid groups (broad SMARTS) is 1. The number of rotatable bonds is 2. The molecule has 1 aromatic carbocycles. The smallest absolute Gasteiger partial charge is 0.356 e. The van der Waals surface area contributed by atoms with Gasteiger partial charge in [-0.3, -0.25) is 0 Å². The van der Waals surface area contributed by atoms with Crippen molar-refractivity contribution in [2.24, 2.45) is 0 Å². The Kier molecular flexibility index (Phi) is 3.43. The van der Waals surface area contributed by atoms with Crippen molar-refractivity contribution in [3.05, 3.63) is 46.0 Å².